The minimum Gasteiger partial charge on any atom is -0.481 e. The number of hydrogen-bond donors (Lipinski definition) is 1. The van der Waals surface area contributed by atoms with Crippen LogP contribution in [0.3, 0.4) is 0 Å². The van der Waals surface area contributed by atoms with Crippen LogP contribution in [0.2, 0.25) is 0 Å². The van der Waals surface area contributed by atoms with E-state index in [-0.39, 0.29) is 6.42 Å². The van der Waals surface area contributed by atoms with Gasteiger partial charge in [0.25, 0.3) is 0 Å². The van der Waals surface area contributed by atoms with Crippen molar-refractivity contribution in [3.8, 4) is 0 Å². The highest BCUT2D eigenvalue weighted by Crippen LogP contribution is 2.21. The van der Waals surface area contributed by atoms with Crippen LogP contribution in [-0.4, -0.2) is 48.7 Å². The SMILES string of the molecule is O=C(O)CCN1CCN(c2cccc(Br)c2)CC1. The predicted octanol–water partition coefficient (Wildman–Crippen LogP) is 2.05. The maximum Gasteiger partial charge on any atom is 0.304 e. The fourth-order valence-corrected chi connectivity index (χ4v) is 2.54. The van der Waals surface area contributed by atoms with Crippen LogP contribution < -0.4 is 4.90 Å². The smallest absolute Gasteiger partial charge is 0.304 e. The second-order valence-electron chi connectivity index (χ2n) is 4.45. The molecular formula is C13H17BrN2O2. The Morgan fingerprint density at radius 2 is 2.00 bits per heavy atom. The van der Waals surface area contributed by atoms with Crippen molar-refractivity contribution in [3.05, 3.63) is 28.7 Å². The molecule has 0 unspecified atom stereocenters. The first-order valence-corrected chi connectivity index (χ1v) is 6.89. The van der Waals surface area contributed by atoms with Crippen LogP contribution in [0.5, 0.6) is 0 Å². The third kappa shape index (κ3) is 3.71. The topological polar surface area (TPSA) is 43.8 Å². The lowest BCUT2D eigenvalue weighted by Gasteiger charge is -2.35. The van der Waals surface area contributed by atoms with Gasteiger partial charge in [-0.15, -0.1) is 0 Å². The highest BCUT2D eigenvalue weighted by atomic mass is 79.9. The van der Waals surface area contributed by atoms with Crippen molar-refractivity contribution >= 4 is 27.6 Å². The van der Waals surface area contributed by atoms with Gasteiger partial charge in [-0.05, 0) is 18.2 Å². The van der Waals surface area contributed by atoms with Crippen molar-refractivity contribution < 1.29 is 9.90 Å². The van der Waals surface area contributed by atoms with Crippen molar-refractivity contribution in [2.45, 2.75) is 6.42 Å². The lowest BCUT2D eigenvalue weighted by Crippen LogP contribution is -2.46. The van der Waals surface area contributed by atoms with Crippen LogP contribution in [0.1, 0.15) is 6.42 Å². The maximum atomic E-state index is 10.5. The molecule has 18 heavy (non-hydrogen) atoms. The summed E-state index contributed by atoms with van der Waals surface area (Å²) < 4.78 is 1.09. The molecule has 1 saturated heterocycles. The monoisotopic (exact) mass is 312 g/mol. The number of carboxylic acids is 1. The van der Waals surface area contributed by atoms with Crippen molar-refractivity contribution in [1.82, 2.24) is 4.90 Å². The number of benzene rings is 1. The van der Waals surface area contributed by atoms with Crippen molar-refractivity contribution in [2.24, 2.45) is 0 Å². The second-order valence-corrected chi connectivity index (χ2v) is 5.37. The van der Waals surface area contributed by atoms with Gasteiger partial charge in [0.05, 0.1) is 6.42 Å². The lowest BCUT2D eigenvalue weighted by molar-refractivity contribution is -0.137. The summed E-state index contributed by atoms with van der Waals surface area (Å²) in [6.07, 6.45) is 0.233. The Morgan fingerprint density at radius 3 is 2.61 bits per heavy atom. The van der Waals surface area contributed by atoms with E-state index in [0.717, 1.165) is 30.7 Å². The molecule has 2 rings (SSSR count). The van der Waals surface area contributed by atoms with Gasteiger partial charge in [-0.2, -0.15) is 0 Å². The van der Waals surface area contributed by atoms with E-state index in [1.807, 2.05) is 12.1 Å². The van der Waals surface area contributed by atoms with Gasteiger partial charge in [-0.3, -0.25) is 9.69 Å². The molecule has 0 radical (unpaired) electrons. The average molecular weight is 313 g/mol. The van der Waals surface area contributed by atoms with Crippen molar-refractivity contribution in [1.29, 1.82) is 0 Å². The number of halogens is 1. The third-order valence-corrected chi connectivity index (χ3v) is 3.68. The van der Waals surface area contributed by atoms with Crippen LogP contribution in [0.15, 0.2) is 28.7 Å². The van der Waals surface area contributed by atoms with E-state index in [4.69, 9.17) is 5.11 Å². The molecule has 5 heteroatoms. The fraction of sp³-hybridized carbons (Fsp3) is 0.462. The van der Waals surface area contributed by atoms with E-state index in [1.54, 1.807) is 0 Å². The fourth-order valence-electron chi connectivity index (χ4n) is 2.16. The van der Waals surface area contributed by atoms with Crippen LogP contribution in [0.25, 0.3) is 0 Å². The Bertz CT molecular complexity index is 417. The number of nitrogens with zero attached hydrogens (tertiary/aromatic N) is 2. The Kier molecular flexibility index (Phi) is 4.60. The Balaban J connectivity index is 1.85. The molecule has 0 saturated carbocycles. The van der Waals surface area contributed by atoms with Gasteiger partial charge >= 0.3 is 5.97 Å². The second kappa shape index (κ2) is 6.20. The summed E-state index contributed by atoms with van der Waals surface area (Å²) in [4.78, 5) is 15.1. The van der Waals surface area contributed by atoms with E-state index in [0.29, 0.717) is 6.54 Å². The van der Waals surface area contributed by atoms with Gasteiger partial charge in [0.1, 0.15) is 0 Å². The number of rotatable bonds is 4. The maximum absolute atomic E-state index is 10.5. The molecule has 0 bridgehead atoms. The molecule has 0 spiro atoms. The molecule has 1 N–H and O–H groups in total. The minimum atomic E-state index is -0.718. The first kappa shape index (κ1) is 13.4. The Labute approximate surface area is 115 Å². The average Bonchev–Trinajstić information content (AvgIpc) is 2.37. The van der Waals surface area contributed by atoms with Crippen LogP contribution in [0.4, 0.5) is 5.69 Å². The molecule has 1 fully saturated rings. The molecule has 0 aliphatic carbocycles. The molecule has 0 atom stereocenters. The number of carbonyl (C=O) groups is 1. The normalized spacial score (nSPS) is 16.8. The Morgan fingerprint density at radius 1 is 1.28 bits per heavy atom. The van der Waals surface area contributed by atoms with Crippen LogP contribution in [-0.2, 0) is 4.79 Å². The van der Waals surface area contributed by atoms with Gasteiger partial charge < -0.3 is 10.0 Å². The lowest BCUT2D eigenvalue weighted by atomic mass is 10.2. The third-order valence-electron chi connectivity index (χ3n) is 3.19. The van der Waals surface area contributed by atoms with Gasteiger partial charge in [-0.1, -0.05) is 22.0 Å². The molecule has 1 aromatic rings. The molecule has 4 nitrogen and oxygen atoms in total. The predicted molar refractivity (Wildman–Crippen MR) is 75.0 cm³/mol. The molecule has 1 aromatic carbocycles. The summed E-state index contributed by atoms with van der Waals surface area (Å²) in [5.74, 6) is -0.718. The largest absolute Gasteiger partial charge is 0.481 e. The highest BCUT2D eigenvalue weighted by molar-refractivity contribution is 9.10. The van der Waals surface area contributed by atoms with Gasteiger partial charge in [0.15, 0.2) is 0 Å². The highest BCUT2D eigenvalue weighted by Gasteiger charge is 2.17. The van der Waals surface area contributed by atoms with E-state index in [1.165, 1.54) is 5.69 Å². The molecule has 1 aliphatic rings. The summed E-state index contributed by atoms with van der Waals surface area (Å²) >= 11 is 3.48. The molecule has 1 aliphatic heterocycles. The van der Waals surface area contributed by atoms with Crippen LogP contribution in [0, 0.1) is 0 Å². The van der Waals surface area contributed by atoms with Crippen molar-refractivity contribution in [2.75, 3.05) is 37.6 Å². The van der Waals surface area contributed by atoms with E-state index < -0.39 is 5.97 Å². The molecule has 1 heterocycles. The molecule has 0 amide bonds. The first-order valence-electron chi connectivity index (χ1n) is 6.10. The number of hydrogen-bond acceptors (Lipinski definition) is 3. The zero-order valence-electron chi connectivity index (χ0n) is 10.2. The quantitative estimate of drug-likeness (QED) is 0.924. The first-order chi connectivity index (χ1) is 8.65. The summed E-state index contributed by atoms with van der Waals surface area (Å²) in [5.41, 5.74) is 1.22. The van der Waals surface area contributed by atoms with E-state index >= 15 is 0 Å². The zero-order valence-corrected chi connectivity index (χ0v) is 11.8. The number of piperazine rings is 1. The molecule has 0 aromatic heterocycles. The molecule has 98 valence electrons. The minimum absolute atomic E-state index is 0.233. The van der Waals surface area contributed by atoms with E-state index in [2.05, 4.69) is 37.9 Å². The van der Waals surface area contributed by atoms with Gasteiger partial charge in [-0.25, -0.2) is 0 Å². The number of carboxylic acid groups (broad SMARTS) is 1. The Hall–Kier alpha value is -1.07. The number of aliphatic carboxylic acids is 1. The summed E-state index contributed by atoms with van der Waals surface area (Å²) in [5, 5.41) is 8.66. The zero-order chi connectivity index (χ0) is 13.0. The van der Waals surface area contributed by atoms with E-state index in [9.17, 15) is 4.79 Å². The molecular weight excluding hydrogens is 296 g/mol. The van der Waals surface area contributed by atoms with Crippen LogP contribution >= 0.6 is 15.9 Å². The van der Waals surface area contributed by atoms with Gasteiger partial charge in [0, 0.05) is 42.9 Å². The van der Waals surface area contributed by atoms with Gasteiger partial charge in [0.2, 0.25) is 0 Å². The van der Waals surface area contributed by atoms with Crippen molar-refractivity contribution in [3.63, 3.8) is 0 Å². The number of anilines is 1. The standard InChI is InChI=1S/C13H17BrN2O2/c14-11-2-1-3-12(10-11)16-8-6-15(7-9-16)5-4-13(17)18/h1-3,10H,4-9H2,(H,17,18). The summed E-state index contributed by atoms with van der Waals surface area (Å²) in [6, 6.07) is 8.29. The summed E-state index contributed by atoms with van der Waals surface area (Å²) in [6.45, 7) is 4.42. The summed E-state index contributed by atoms with van der Waals surface area (Å²) in [7, 11) is 0.